The van der Waals surface area contributed by atoms with Gasteiger partial charge in [-0.25, -0.2) is 0 Å². The lowest BCUT2D eigenvalue weighted by Crippen LogP contribution is -2.12. The van der Waals surface area contributed by atoms with Crippen LogP contribution in [-0.4, -0.2) is 30.0 Å². The molecule has 0 bridgehead atoms. The summed E-state index contributed by atoms with van der Waals surface area (Å²) in [5.74, 6) is 0.846. The Morgan fingerprint density at radius 3 is 2.94 bits per heavy atom. The first-order chi connectivity index (χ1) is 8.33. The van der Waals surface area contributed by atoms with Crippen molar-refractivity contribution >= 4 is 6.08 Å². The van der Waals surface area contributed by atoms with Gasteiger partial charge < -0.3 is 10.1 Å². The van der Waals surface area contributed by atoms with Crippen LogP contribution in [0.2, 0.25) is 0 Å². The van der Waals surface area contributed by atoms with E-state index in [9.17, 15) is 0 Å². The molecule has 4 nitrogen and oxygen atoms in total. The monoisotopic (exact) mass is 237 g/mol. The average Bonchev–Trinajstić information content (AvgIpc) is 2.72. The Bertz CT molecular complexity index is 344. The van der Waals surface area contributed by atoms with E-state index >= 15 is 0 Å². The van der Waals surface area contributed by atoms with Gasteiger partial charge in [-0.3, -0.25) is 4.68 Å². The fraction of sp³-hybridized carbons (Fsp3) is 0.615. The summed E-state index contributed by atoms with van der Waals surface area (Å²) >= 11 is 0. The maximum absolute atomic E-state index is 5.30. The van der Waals surface area contributed by atoms with Crippen molar-refractivity contribution in [1.29, 1.82) is 0 Å². The third-order valence-electron chi connectivity index (χ3n) is 2.51. The maximum atomic E-state index is 5.30. The highest BCUT2D eigenvalue weighted by atomic mass is 16.5. The molecule has 0 fully saturated rings. The molecular weight excluding hydrogens is 214 g/mol. The van der Waals surface area contributed by atoms with Gasteiger partial charge in [-0.05, 0) is 32.0 Å². The number of hydrogen-bond acceptors (Lipinski definition) is 3. The van der Waals surface area contributed by atoms with Crippen molar-refractivity contribution in [3.63, 3.8) is 0 Å². The van der Waals surface area contributed by atoms with Gasteiger partial charge in [-0.1, -0.05) is 19.9 Å². The van der Waals surface area contributed by atoms with Gasteiger partial charge in [0.1, 0.15) is 5.69 Å². The molecule has 0 spiro atoms. The fourth-order valence-electron chi connectivity index (χ4n) is 1.65. The van der Waals surface area contributed by atoms with E-state index in [4.69, 9.17) is 4.74 Å². The van der Waals surface area contributed by atoms with Crippen LogP contribution in [-0.2, 0) is 6.54 Å². The van der Waals surface area contributed by atoms with Crippen LogP contribution in [0.5, 0.6) is 5.75 Å². The van der Waals surface area contributed by atoms with E-state index in [2.05, 4.69) is 36.4 Å². The molecule has 17 heavy (non-hydrogen) atoms. The molecule has 0 amide bonds. The van der Waals surface area contributed by atoms with Crippen molar-refractivity contribution in [2.45, 2.75) is 33.2 Å². The molecule has 0 unspecified atom stereocenters. The van der Waals surface area contributed by atoms with E-state index in [1.807, 2.05) is 4.68 Å². The van der Waals surface area contributed by atoms with E-state index < -0.39 is 0 Å². The zero-order valence-corrected chi connectivity index (χ0v) is 11.1. The molecule has 1 heterocycles. The Kier molecular flexibility index (Phi) is 6.40. The van der Waals surface area contributed by atoms with Crippen LogP contribution in [0.4, 0.5) is 0 Å². The van der Waals surface area contributed by atoms with Gasteiger partial charge in [0.25, 0.3) is 0 Å². The molecule has 4 heteroatoms. The highest BCUT2D eigenvalue weighted by Gasteiger charge is 2.06. The topological polar surface area (TPSA) is 39.1 Å². The van der Waals surface area contributed by atoms with Crippen LogP contribution in [0.1, 0.15) is 32.4 Å². The number of aryl methyl sites for hydroxylation is 1. The summed E-state index contributed by atoms with van der Waals surface area (Å²) in [6.07, 6.45) is 8.13. The third kappa shape index (κ3) is 4.23. The number of aromatic nitrogens is 2. The largest absolute Gasteiger partial charge is 0.493 e. The Morgan fingerprint density at radius 2 is 2.29 bits per heavy atom. The highest BCUT2D eigenvalue weighted by Crippen LogP contribution is 2.19. The van der Waals surface area contributed by atoms with Crippen LogP contribution in [0, 0.1) is 0 Å². The van der Waals surface area contributed by atoms with Gasteiger partial charge in [-0.15, -0.1) is 0 Å². The fourth-order valence-corrected chi connectivity index (χ4v) is 1.65. The molecule has 1 aromatic rings. The maximum Gasteiger partial charge on any atom is 0.164 e. The van der Waals surface area contributed by atoms with Gasteiger partial charge in [0.05, 0.1) is 13.3 Å². The zero-order chi connectivity index (χ0) is 12.5. The standard InChI is InChI=1S/C13H23N3O/c1-4-10-16-12(13(17-3)11-15-16)8-6-7-9-14-5-2/h6,8,11,14H,4-5,7,9-10H2,1-3H3/b8-6+. The van der Waals surface area contributed by atoms with Crippen molar-refractivity contribution in [3.05, 3.63) is 18.0 Å². The predicted octanol–water partition coefficient (Wildman–Crippen LogP) is 2.31. The highest BCUT2D eigenvalue weighted by molar-refractivity contribution is 5.52. The van der Waals surface area contributed by atoms with E-state index in [-0.39, 0.29) is 0 Å². The molecule has 0 aliphatic carbocycles. The van der Waals surface area contributed by atoms with E-state index in [1.165, 1.54) is 0 Å². The lowest BCUT2D eigenvalue weighted by atomic mass is 10.3. The second-order valence-electron chi connectivity index (χ2n) is 3.87. The smallest absolute Gasteiger partial charge is 0.164 e. The van der Waals surface area contributed by atoms with Crippen LogP contribution in [0.15, 0.2) is 12.3 Å². The minimum absolute atomic E-state index is 0.846. The first-order valence-corrected chi connectivity index (χ1v) is 6.30. The average molecular weight is 237 g/mol. The first kappa shape index (κ1) is 13.8. The van der Waals surface area contributed by atoms with Crippen LogP contribution in [0.3, 0.4) is 0 Å². The number of nitrogens with zero attached hydrogens (tertiary/aromatic N) is 2. The lowest BCUT2D eigenvalue weighted by molar-refractivity contribution is 0.412. The van der Waals surface area contributed by atoms with Crippen molar-refractivity contribution in [2.24, 2.45) is 0 Å². The molecule has 0 radical (unpaired) electrons. The van der Waals surface area contributed by atoms with E-state index in [0.717, 1.165) is 43.9 Å². The summed E-state index contributed by atoms with van der Waals surface area (Å²) in [5, 5.41) is 7.61. The zero-order valence-electron chi connectivity index (χ0n) is 11.1. The van der Waals surface area contributed by atoms with Crippen LogP contribution >= 0.6 is 0 Å². The second kappa shape index (κ2) is 7.90. The predicted molar refractivity (Wildman–Crippen MR) is 71.3 cm³/mol. The number of nitrogens with one attached hydrogen (secondary N) is 1. The number of rotatable bonds is 8. The number of hydrogen-bond donors (Lipinski definition) is 1. The molecule has 0 saturated heterocycles. The lowest BCUT2D eigenvalue weighted by Gasteiger charge is -2.04. The summed E-state index contributed by atoms with van der Waals surface area (Å²) in [6, 6.07) is 0. The third-order valence-corrected chi connectivity index (χ3v) is 2.51. The van der Waals surface area contributed by atoms with Crippen molar-refractivity contribution in [3.8, 4) is 5.75 Å². The SMILES string of the molecule is CCCn1ncc(OC)c1/C=C/CCNCC. The van der Waals surface area contributed by atoms with Crippen molar-refractivity contribution in [2.75, 3.05) is 20.2 Å². The number of ether oxygens (including phenoxy) is 1. The van der Waals surface area contributed by atoms with Gasteiger partial charge >= 0.3 is 0 Å². The van der Waals surface area contributed by atoms with Gasteiger partial charge in [-0.2, -0.15) is 5.10 Å². The van der Waals surface area contributed by atoms with Crippen molar-refractivity contribution < 1.29 is 4.74 Å². The number of methoxy groups -OCH3 is 1. The van der Waals surface area contributed by atoms with Crippen LogP contribution in [0.25, 0.3) is 6.08 Å². The van der Waals surface area contributed by atoms with Gasteiger partial charge in [0, 0.05) is 6.54 Å². The molecule has 1 rings (SSSR count). The molecule has 0 aromatic carbocycles. The Balaban J connectivity index is 2.62. The minimum Gasteiger partial charge on any atom is -0.493 e. The summed E-state index contributed by atoms with van der Waals surface area (Å²) in [7, 11) is 1.68. The first-order valence-electron chi connectivity index (χ1n) is 6.30. The van der Waals surface area contributed by atoms with Crippen LogP contribution < -0.4 is 10.1 Å². The quantitative estimate of drug-likeness (QED) is 0.705. The summed E-state index contributed by atoms with van der Waals surface area (Å²) in [6.45, 7) is 7.22. The van der Waals surface area contributed by atoms with E-state index in [0.29, 0.717) is 0 Å². The normalized spacial score (nSPS) is 11.2. The molecule has 0 aliphatic heterocycles. The molecule has 0 atom stereocenters. The molecule has 1 N–H and O–H groups in total. The summed E-state index contributed by atoms with van der Waals surface area (Å²) < 4.78 is 7.29. The van der Waals surface area contributed by atoms with Crippen molar-refractivity contribution in [1.82, 2.24) is 15.1 Å². The minimum atomic E-state index is 0.846. The summed E-state index contributed by atoms with van der Waals surface area (Å²) in [4.78, 5) is 0. The molecule has 96 valence electrons. The molecular formula is C13H23N3O. The van der Waals surface area contributed by atoms with E-state index in [1.54, 1.807) is 13.3 Å². The Labute approximate surface area is 104 Å². The second-order valence-corrected chi connectivity index (χ2v) is 3.87. The summed E-state index contributed by atoms with van der Waals surface area (Å²) in [5.41, 5.74) is 1.06. The Morgan fingerprint density at radius 1 is 1.47 bits per heavy atom. The Hall–Kier alpha value is -1.29. The van der Waals surface area contributed by atoms with Gasteiger partial charge in [0.15, 0.2) is 5.75 Å². The molecule has 1 aromatic heterocycles. The molecule has 0 aliphatic rings. The van der Waals surface area contributed by atoms with Gasteiger partial charge in [0.2, 0.25) is 0 Å². The molecule has 0 saturated carbocycles.